The minimum atomic E-state index is -0.276. The van der Waals surface area contributed by atoms with Crippen molar-refractivity contribution in [3.05, 3.63) is 99.4 Å². The summed E-state index contributed by atoms with van der Waals surface area (Å²) in [6.07, 6.45) is 2.50. The Bertz CT molecular complexity index is 1330. The number of amides is 1. The van der Waals surface area contributed by atoms with Gasteiger partial charge in [0.2, 0.25) is 0 Å². The fourth-order valence-corrected chi connectivity index (χ4v) is 4.98. The van der Waals surface area contributed by atoms with E-state index in [1.165, 1.54) is 11.8 Å². The quantitative estimate of drug-likeness (QED) is 0.389. The van der Waals surface area contributed by atoms with Crippen LogP contribution in [0.2, 0.25) is 5.02 Å². The second-order valence-electron chi connectivity index (χ2n) is 7.97. The summed E-state index contributed by atoms with van der Waals surface area (Å²) in [5.74, 6) is 1.29. The van der Waals surface area contributed by atoms with E-state index in [4.69, 9.17) is 26.2 Å². The molecule has 8 heteroatoms. The Labute approximate surface area is 212 Å². The molecule has 0 N–H and O–H groups in total. The molecule has 0 aromatic heterocycles. The summed E-state index contributed by atoms with van der Waals surface area (Å²) >= 11 is 7.32. The Kier molecular flexibility index (Phi) is 6.61. The van der Waals surface area contributed by atoms with Crippen LogP contribution in [0.15, 0.2) is 87.8 Å². The molecule has 5 rings (SSSR count). The fraction of sp³-hybridized carbons (Fsp3) is 0.148. The summed E-state index contributed by atoms with van der Waals surface area (Å²) in [6.45, 7) is 0. The van der Waals surface area contributed by atoms with Crippen LogP contribution in [0.3, 0.4) is 0 Å². The van der Waals surface area contributed by atoms with Crippen LogP contribution in [0, 0.1) is 0 Å². The minimum absolute atomic E-state index is 0.105. The average Bonchev–Trinajstić information content (AvgIpc) is 3.49. The number of rotatable bonds is 5. The van der Waals surface area contributed by atoms with Crippen LogP contribution >= 0.6 is 23.4 Å². The standard InChI is InChI=1S/C27H22ClN3O3S/c1-33-21-11-5-18(6-12-21)23-16-24(19-7-13-22(34-2)14-8-19)31(30-23)27-29-26(32)25(35-27)15-17-3-9-20(28)10-4-17/h3-15,24H,16H2,1-2H3/b25-15-. The van der Waals surface area contributed by atoms with Gasteiger partial charge >= 0.3 is 0 Å². The maximum absolute atomic E-state index is 12.8. The van der Waals surface area contributed by atoms with Gasteiger partial charge in [0.1, 0.15) is 11.5 Å². The second-order valence-corrected chi connectivity index (χ2v) is 9.42. The van der Waals surface area contributed by atoms with Crippen LogP contribution in [0.5, 0.6) is 11.5 Å². The molecule has 3 aromatic rings. The molecule has 3 aromatic carbocycles. The Morgan fingerprint density at radius 2 is 1.57 bits per heavy atom. The molecule has 6 nitrogen and oxygen atoms in total. The van der Waals surface area contributed by atoms with Crippen LogP contribution in [-0.4, -0.2) is 36.0 Å². The third-order valence-electron chi connectivity index (χ3n) is 5.81. The van der Waals surface area contributed by atoms with E-state index in [-0.39, 0.29) is 11.9 Å². The Hall–Kier alpha value is -3.55. The first kappa shape index (κ1) is 23.2. The van der Waals surface area contributed by atoms with E-state index < -0.39 is 0 Å². The van der Waals surface area contributed by atoms with E-state index in [0.29, 0.717) is 21.5 Å². The predicted octanol–water partition coefficient (Wildman–Crippen LogP) is 6.18. The average molecular weight is 504 g/mol. The number of halogens is 1. The molecule has 176 valence electrons. The van der Waals surface area contributed by atoms with Crippen molar-refractivity contribution in [3.63, 3.8) is 0 Å². The topological polar surface area (TPSA) is 63.5 Å². The zero-order valence-electron chi connectivity index (χ0n) is 19.1. The van der Waals surface area contributed by atoms with Gasteiger partial charge in [0.05, 0.1) is 30.9 Å². The number of aliphatic imine (C=N–C) groups is 1. The van der Waals surface area contributed by atoms with Crippen molar-refractivity contribution in [2.24, 2.45) is 10.1 Å². The molecule has 2 heterocycles. The van der Waals surface area contributed by atoms with Gasteiger partial charge in [-0.05, 0) is 83.1 Å². The number of benzene rings is 3. The number of carbonyl (C=O) groups is 1. The van der Waals surface area contributed by atoms with Gasteiger partial charge in [-0.25, -0.2) is 5.01 Å². The minimum Gasteiger partial charge on any atom is -0.497 e. The van der Waals surface area contributed by atoms with Crippen molar-refractivity contribution in [1.29, 1.82) is 0 Å². The highest BCUT2D eigenvalue weighted by atomic mass is 35.5. The summed E-state index contributed by atoms with van der Waals surface area (Å²) in [6, 6.07) is 23.0. The van der Waals surface area contributed by atoms with Crippen LogP contribution in [0.25, 0.3) is 6.08 Å². The van der Waals surface area contributed by atoms with E-state index in [1.807, 2.05) is 71.7 Å². The highest BCUT2D eigenvalue weighted by Gasteiger charge is 2.36. The lowest BCUT2D eigenvalue weighted by atomic mass is 9.98. The lowest BCUT2D eigenvalue weighted by Gasteiger charge is -2.22. The third kappa shape index (κ3) is 4.97. The molecule has 35 heavy (non-hydrogen) atoms. The first-order valence-electron chi connectivity index (χ1n) is 11.0. The molecule has 1 unspecified atom stereocenters. The van der Waals surface area contributed by atoms with Gasteiger partial charge in [-0.2, -0.15) is 10.1 Å². The monoisotopic (exact) mass is 503 g/mol. The Morgan fingerprint density at radius 3 is 2.20 bits per heavy atom. The summed E-state index contributed by atoms with van der Waals surface area (Å²) < 4.78 is 10.6. The number of carbonyl (C=O) groups excluding carboxylic acids is 1. The first-order chi connectivity index (χ1) is 17.0. The molecular formula is C27H22ClN3O3S. The largest absolute Gasteiger partial charge is 0.497 e. The molecule has 1 amide bonds. The number of methoxy groups -OCH3 is 2. The van der Waals surface area contributed by atoms with Gasteiger partial charge in [0, 0.05) is 11.4 Å². The number of hydrogen-bond donors (Lipinski definition) is 0. The highest BCUT2D eigenvalue weighted by Crippen LogP contribution is 2.40. The number of amidine groups is 1. The molecule has 2 aliphatic heterocycles. The van der Waals surface area contributed by atoms with Crippen molar-refractivity contribution < 1.29 is 14.3 Å². The summed E-state index contributed by atoms with van der Waals surface area (Å²) in [5.41, 5.74) is 3.86. The molecule has 1 atom stereocenters. The maximum Gasteiger partial charge on any atom is 0.286 e. The molecule has 0 fully saturated rings. The maximum atomic E-state index is 12.8. The van der Waals surface area contributed by atoms with Crippen LogP contribution in [-0.2, 0) is 4.79 Å². The van der Waals surface area contributed by atoms with E-state index in [1.54, 1.807) is 26.4 Å². The molecule has 2 aliphatic rings. The normalized spacial score (nSPS) is 18.6. The SMILES string of the molecule is COc1ccc(C2=NN(C3=NC(=O)/C(=C/c4ccc(Cl)cc4)S3)C(c3ccc(OC)cc3)C2)cc1. The van der Waals surface area contributed by atoms with E-state index in [9.17, 15) is 4.79 Å². The zero-order chi connectivity index (χ0) is 24.4. The number of hydrogen-bond acceptors (Lipinski definition) is 6. The van der Waals surface area contributed by atoms with Gasteiger partial charge in [0.15, 0.2) is 5.17 Å². The number of thioether (sulfide) groups is 1. The van der Waals surface area contributed by atoms with Crippen molar-refractivity contribution in [1.82, 2.24) is 5.01 Å². The van der Waals surface area contributed by atoms with Crippen LogP contribution < -0.4 is 9.47 Å². The molecule has 0 spiro atoms. The van der Waals surface area contributed by atoms with Crippen LogP contribution in [0.4, 0.5) is 0 Å². The lowest BCUT2D eigenvalue weighted by molar-refractivity contribution is -0.113. The third-order valence-corrected chi connectivity index (χ3v) is 7.03. The number of hydrazone groups is 1. The molecular weight excluding hydrogens is 482 g/mol. The van der Waals surface area contributed by atoms with Gasteiger partial charge < -0.3 is 9.47 Å². The second kappa shape index (κ2) is 9.98. The van der Waals surface area contributed by atoms with Crippen LogP contribution in [0.1, 0.15) is 29.2 Å². The van der Waals surface area contributed by atoms with E-state index in [2.05, 4.69) is 4.99 Å². The smallest absolute Gasteiger partial charge is 0.286 e. The first-order valence-corrected chi connectivity index (χ1v) is 12.2. The van der Waals surface area contributed by atoms with E-state index >= 15 is 0 Å². The highest BCUT2D eigenvalue weighted by molar-refractivity contribution is 8.18. The summed E-state index contributed by atoms with van der Waals surface area (Å²) in [4.78, 5) is 17.6. The molecule has 0 aliphatic carbocycles. The van der Waals surface area contributed by atoms with Gasteiger partial charge in [-0.15, -0.1) is 0 Å². The van der Waals surface area contributed by atoms with Crippen molar-refractivity contribution in [2.45, 2.75) is 12.5 Å². The molecule has 0 radical (unpaired) electrons. The zero-order valence-corrected chi connectivity index (χ0v) is 20.7. The number of ether oxygens (including phenoxy) is 2. The Morgan fingerprint density at radius 1 is 0.943 bits per heavy atom. The van der Waals surface area contributed by atoms with Gasteiger partial charge in [-0.1, -0.05) is 35.9 Å². The number of nitrogens with zero attached hydrogens (tertiary/aromatic N) is 3. The van der Waals surface area contributed by atoms with Gasteiger partial charge in [0.25, 0.3) is 5.91 Å². The van der Waals surface area contributed by atoms with Crippen molar-refractivity contribution >= 4 is 46.2 Å². The fourth-order valence-electron chi connectivity index (χ4n) is 3.94. The van der Waals surface area contributed by atoms with E-state index in [0.717, 1.165) is 33.9 Å². The Balaban J connectivity index is 1.46. The lowest BCUT2D eigenvalue weighted by Crippen LogP contribution is -2.23. The summed E-state index contributed by atoms with van der Waals surface area (Å²) in [5, 5.41) is 7.97. The summed E-state index contributed by atoms with van der Waals surface area (Å²) in [7, 11) is 3.29. The van der Waals surface area contributed by atoms with Crippen molar-refractivity contribution in [3.8, 4) is 11.5 Å². The molecule has 0 saturated heterocycles. The molecule has 0 saturated carbocycles. The predicted molar refractivity (Wildman–Crippen MR) is 141 cm³/mol. The molecule has 0 bridgehead atoms. The van der Waals surface area contributed by atoms with Crippen molar-refractivity contribution in [2.75, 3.05) is 14.2 Å². The van der Waals surface area contributed by atoms with Gasteiger partial charge in [-0.3, -0.25) is 4.79 Å².